The van der Waals surface area contributed by atoms with Crippen LogP contribution in [0.2, 0.25) is 0 Å². The zero-order chi connectivity index (χ0) is 15.4. The first-order valence-corrected chi connectivity index (χ1v) is 9.23. The zero-order valence-corrected chi connectivity index (χ0v) is 13.9. The molecule has 1 aliphatic heterocycles. The van der Waals surface area contributed by atoms with Gasteiger partial charge in [-0.15, -0.1) is 0 Å². The van der Waals surface area contributed by atoms with Gasteiger partial charge in [-0.3, -0.25) is 4.79 Å². The quantitative estimate of drug-likeness (QED) is 0.826. The van der Waals surface area contributed by atoms with Gasteiger partial charge in [-0.25, -0.2) is 0 Å². The highest BCUT2D eigenvalue weighted by Crippen LogP contribution is 2.25. The van der Waals surface area contributed by atoms with Crippen molar-refractivity contribution in [2.75, 3.05) is 18.8 Å². The molecule has 3 rings (SSSR count). The number of carbonyl (C=O) groups excluding carboxylic acids is 1. The molecule has 0 aromatic heterocycles. The van der Waals surface area contributed by atoms with Crippen LogP contribution in [0.25, 0.3) is 10.8 Å². The Bertz CT molecular complexity index is 649. The van der Waals surface area contributed by atoms with Crippen LogP contribution in [0.15, 0.2) is 42.5 Å². The number of benzene rings is 2. The summed E-state index contributed by atoms with van der Waals surface area (Å²) in [6.07, 6.45) is 3.59. The van der Waals surface area contributed by atoms with Gasteiger partial charge in [-0.05, 0) is 35.4 Å². The Kier molecular flexibility index (Phi) is 5.04. The normalized spacial score (nSPS) is 19.1. The summed E-state index contributed by atoms with van der Waals surface area (Å²) >= 11 is 1.99. The van der Waals surface area contributed by atoms with Crippen LogP contribution in [-0.2, 0) is 0 Å². The van der Waals surface area contributed by atoms with E-state index in [1.807, 2.05) is 36.0 Å². The Morgan fingerprint density at radius 2 is 2.00 bits per heavy atom. The molecule has 0 bridgehead atoms. The molecule has 2 nitrogen and oxygen atoms in total. The van der Waals surface area contributed by atoms with Crippen molar-refractivity contribution in [1.29, 1.82) is 0 Å². The average molecular weight is 313 g/mol. The molecule has 1 fully saturated rings. The van der Waals surface area contributed by atoms with E-state index in [0.29, 0.717) is 5.25 Å². The highest BCUT2D eigenvalue weighted by Gasteiger charge is 2.23. The van der Waals surface area contributed by atoms with E-state index >= 15 is 0 Å². The lowest BCUT2D eigenvalue weighted by Gasteiger charge is -2.24. The average Bonchev–Trinajstić information content (AvgIpc) is 2.80. The molecule has 22 heavy (non-hydrogen) atoms. The van der Waals surface area contributed by atoms with Crippen molar-refractivity contribution in [3.8, 4) is 0 Å². The van der Waals surface area contributed by atoms with Crippen LogP contribution in [-0.4, -0.2) is 34.9 Å². The Morgan fingerprint density at radius 1 is 1.18 bits per heavy atom. The summed E-state index contributed by atoms with van der Waals surface area (Å²) in [4.78, 5) is 15.1. The third-order valence-electron chi connectivity index (χ3n) is 4.34. The molecule has 2 aromatic rings. The molecule has 1 heterocycles. The fourth-order valence-electron chi connectivity index (χ4n) is 3.24. The molecule has 3 heteroatoms. The maximum Gasteiger partial charge on any atom is 0.254 e. The van der Waals surface area contributed by atoms with E-state index in [0.717, 1.165) is 41.6 Å². The van der Waals surface area contributed by atoms with Crippen molar-refractivity contribution in [3.05, 3.63) is 48.0 Å². The van der Waals surface area contributed by atoms with Gasteiger partial charge in [0.05, 0.1) is 0 Å². The Hall–Kier alpha value is -1.48. The van der Waals surface area contributed by atoms with Gasteiger partial charge in [0.1, 0.15) is 0 Å². The minimum absolute atomic E-state index is 0.195. The smallest absolute Gasteiger partial charge is 0.254 e. The summed E-state index contributed by atoms with van der Waals surface area (Å²) in [5.41, 5.74) is 0.847. The van der Waals surface area contributed by atoms with Crippen LogP contribution in [0, 0.1) is 0 Å². The summed E-state index contributed by atoms with van der Waals surface area (Å²) in [6.45, 7) is 3.98. The lowest BCUT2D eigenvalue weighted by atomic mass is 10.0. The predicted molar refractivity (Wildman–Crippen MR) is 95.6 cm³/mol. The summed E-state index contributed by atoms with van der Waals surface area (Å²) in [6, 6.07) is 14.2. The summed E-state index contributed by atoms with van der Waals surface area (Å²) in [5, 5.41) is 2.80. The monoisotopic (exact) mass is 313 g/mol. The third kappa shape index (κ3) is 3.30. The minimum atomic E-state index is 0.195. The maximum absolute atomic E-state index is 13.0. The third-order valence-corrected chi connectivity index (χ3v) is 5.53. The topological polar surface area (TPSA) is 20.3 Å². The van der Waals surface area contributed by atoms with Crippen molar-refractivity contribution >= 4 is 28.4 Å². The van der Waals surface area contributed by atoms with E-state index < -0.39 is 0 Å². The van der Waals surface area contributed by atoms with Gasteiger partial charge in [0.25, 0.3) is 5.91 Å². The fraction of sp³-hybridized carbons (Fsp3) is 0.421. The molecular formula is C19H23NOS. The highest BCUT2D eigenvalue weighted by molar-refractivity contribution is 7.99. The molecule has 0 saturated carbocycles. The number of thioether (sulfide) groups is 1. The van der Waals surface area contributed by atoms with Gasteiger partial charge in [-0.2, -0.15) is 11.8 Å². The van der Waals surface area contributed by atoms with E-state index in [4.69, 9.17) is 0 Å². The fourth-order valence-corrected chi connectivity index (χ4v) is 4.33. The molecule has 1 atom stereocenters. The van der Waals surface area contributed by atoms with E-state index in [1.54, 1.807) is 0 Å². The molecule has 0 N–H and O–H groups in total. The van der Waals surface area contributed by atoms with Gasteiger partial charge < -0.3 is 4.90 Å². The van der Waals surface area contributed by atoms with Crippen molar-refractivity contribution in [1.82, 2.24) is 4.90 Å². The number of likely N-dealkylation sites (tertiary alicyclic amines) is 1. The number of nitrogens with zero attached hydrogens (tertiary/aromatic N) is 1. The summed E-state index contributed by atoms with van der Waals surface area (Å²) in [7, 11) is 0. The summed E-state index contributed by atoms with van der Waals surface area (Å²) < 4.78 is 0. The minimum Gasteiger partial charge on any atom is -0.338 e. The number of hydrogen-bond donors (Lipinski definition) is 0. The molecule has 2 aromatic carbocycles. The van der Waals surface area contributed by atoms with Gasteiger partial charge in [-0.1, -0.05) is 49.7 Å². The van der Waals surface area contributed by atoms with E-state index in [1.165, 1.54) is 12.8 Å². The number of fused-ring (bicyclic) bond motifs is 1. The van der Waals surface area contributed by atoms with Crippen molar-refractivity contribution in [2.24, 2.45) is 0 Å². The first-order valence-electron chi connectivity index (χ1n) is 8.18. The predicted octanol–water partition coefficient (Wildman–Crippen LogP) is 4.59. The molecule has 1 saturated heterocycles. The number of hydrogen-bond acceptors (Lipinski definition) is 2. The van der Waals surface area contributed by atoms with Crippen molar-refractivity contribution in [3.63, 3.8) is 0 Å². The van der Waals surface area contributed by atoms with E-state index in [9.17, 15) is 4.79 Å². The molecule has 1 aliphatic rings. The number of carbonyl (C=O) groups is 1. The van der Waals surface area contributed by atoms with Gasteiger partial charge in [0, 0.05) is 23.9 Å². The highest BCUT2D eigenvalue weighted by atomic mass is 32.2. The maximum atomic E-state index is 13.0. The van der Waals surface area contributed by atoms with Crippen LogP contribution in [0.1, 0.15) is 36.5 Å². The number of amides is 1. The lowest BCUT2D eigenvalue weighted by Crippen LogP contribution is -2.35. The molecule has 1 unspecified atom stereocenters. The van der Waals surface area contributed by atoms with Crippen molar-refractivity contribution < 1.29 is 4.79 Å². The van der Waals surface area contributed by atoms with E-state index in [2.05, 4.69) is 30.0 Å². The molecule has 1 amide bonds. The van der Waals surface area contributed by atoms with Crippen LogP contribution in [0.4, 0.5) is 0 Å². The van der Waals surface area contributed by atoms with Crippen LogP contribution < -0.4 is 0 Å². The second-order valence-electron chi connectivity index (χ2n) is 5.85. The van der Waals surface area contributed by atoms with Gasteiger partial charge >= 0.3 is 0 Å². The van der Waals surface area contributed by atoms with Crippen LogP contribution >= 0.6 is 11.8 Å². The van der Waals surface area contributed by atoms with E-state index in [-0.39, 0.29) is 5.91 Å². The van der Waals surface area contributed by atoms with Crippen LogP contribution in [0.5, 0.6) is 0 Å². The first-order chi connectivity index (χ1) is 10.8. The second kappa shape index (κ2) is 7.19. The Morgan fingerprint density at radius 3 is 2.86 bits per heavy atom. The standard InChI is InChI=1S/C19H23NOS/c1-2-22-16-10-5-6-13-20(14-16)19(21)18-12-7-9-15-8-3-4-11-17(15)18/h3-4,7-9,11-12,16H,2,5-6,10,13-14H2,1H3. The molecule has 0 aliphatic carbocycles. The molecule has 116 valence electrons. The molecule has 0 spiro atoms. The first kappa shape index (κ1) is 15.4. The largest absolute Gasteiger partial charge is 0.338 e. The zero-order valence-electron chi connectivity index (χ0n) is 13.1. The van der Waals surface area contributed by atoms with Crippen molar-refractivity contribution in [2.45, 2.75) is 31.4 Å². The van der Waals surface area contributed by atoms with Gasteiger partial charge in [0.2, 0.25) is 0 Å². The number of rotatable bonds is 3. The molecular weight excluding hydrogens is 290 g/mol. The van der Waals surface area contributed by atoms with Gasteiger partial charge in [0.15, 0.2) is 0 Å². The SMILES string of the molecule is CCSC1CCCCN(C(=O)c2cccc3ccccc23)C1. The Labute approximate surface area is 136 Å². The lowest BCUT2D eigenvalue weighted by molar-refractivity contribution is 0.0765. The summed E-state index contributed by atoms with van der Waals surface area (Å²) in [5.74, 6) is 1.32. The van der Waals surface area contributed by atoms with Crippen LogP contribution in [0.3, 0.4) is 0 Å². The molecule has 0 radical (unpaired) electrons. The Balaban J connectivity index is 1.88. The second-order valence-corrected chi connectivity index (χ2v) is 7.43.